The molecule has 0 spiro atoms. The molecule has 186 valence electrons. The zero-order chi connectivity index (χ0) is 25.1. The van der Waals surface area contributed by atoms with Crippen LogP contribution < -0.4 is 20.5 Å². The molecular weight excluding hydrogens is 492 g/mol. The maximum atomic E-state index is 12.9. The number of nitrogens with two attached hydrogens (primary N) is 1. The largest absolute Gasteiger partial charge is 0.443 e. The van der Waals surface area contributed by atoms with Crippen molar-refractivity contribution < 1.29 is 22.7 Å². The lowest BCUT2D eigenvalue weighted by molar-refractivity contribution is -0.118. The molecule has 2 heterocycles. The van der Waals surface area contributed by atoms with Gasteiger partial charge in [0.2, 0.25) is 5.91 Å². The second kappa shape index (κ2) is 12.9. The van der Waals surface area contributed by atoms with E-state index in [0.717, 1.165) is 11.3 Å². The van der Waals surface area contributed by atoms with Crippen molar-refractivity contribution in [2.45, 2.75) is 31.9 Å². The van der Waals surface area contributed by atoms with Gasteiger partial charge >= 0.3 is 6.09 Å². The number of carbonyl (C=O) groups excluding carboxylic acids is 2. The minimum absolute atomic E-state index is 0.0494. The van der Waals surface area contributed by atoms with Crippen LogP contribution in [0, 0.1) is 0 Å². The van der Waals surface area contributed by atoms with Gasteiger partial charge in [-0.25, -0.2) is 19.6 Å². The van der Waals surface area contributed by atoms with Gasteiger partial charge in [0.1, 0.15) is 12.6 Å². The number of aromatic nitrogens is 2. The first kappa shape index (κ1) is 26.2. The summed E-state index contributed by atoms with van der Waals surface area (Å²) in [7, 11) is -3.79. The number of ether oxygens (including phenoxy) is 1. The van der Waals surface area contributed by atoms with E-state index in [-0.39, 0.29) is 19.6 Å². The number of unbranched alkanes of at least 4 members (excludes halogenated alkanes) is 1. The third kappa shape index (κ3) is 9.41. The molecule has 2 aromatic heterocycles. The number of hydrogen-bond donors (Lipinski definition) is 4. The molecule has 5 N–H and O–H groups in total. The average molecular weight is 519 g/mol. The summed E-state index contributed by atoms with van der Waals surface area (Å²) in [6.45, 7) is 0.0659. The van der Waals surface area contributed by atoms with Gasteiger partial charge in [0, 0.05) is 23.7 Å². The molecule has 0 fully saturated rings. The summed E-state index contributed by atoms with van der Waals surface area (Å²) in [4.78, 5) is 33.8. The monoisotopic (exact) mass is 518 g/mol. The van der Waals surface area contributed by atoms with Crippen LogP contribution in [0.5, 0.6) is 0 Å². The number of alkyl carbamates (subject to hydrolysis) is 1. The zero-order valence-corrected chi connectivity index (χ0v) is 20.3. The summed E-state index contributed by atoms with van der Waals surface area (Å²) in [5.41, 5.74) is 2.20. The van der Waals surface area contributed by atoms with Gasteiger partial charge in [0.25, 0.3) is 10.2 Å². The minimum atomic E-state index is -3.79. The molecule has 3 aromatic rings. The summed E-state index contributed by atoms with van der Waals surface area (Å²) in [6.07, 6.45) is 1.91. The number of anilines is 1. The lowest BCUT2D eigenvalue weighted by Gasteiger charge is -2.17. The van der Waals surface area contributed by atoms with Gasteiger partial charge < -0.3 is 15.4 Å². The van der Waals surface area contributed by atoms with Crippen molar-refractivity contribution in [3.05, 3.63) is 65.8 Å². The van der Waals surface area contributed by atoms with E-state index in [2.05, 4.69) is 25.3 Å². The molecule has 0 saturated heterocycles. The zero-order valence-electron chi connectivity index (χ0n) is 18.7. The van der Waals surface area contributed by atoms with E-state index in [1.54, 1.807) is 24.4 Å². The fourth-order valence-electron chi connectivity index (χ4n) is 3.03. The highest BCUT2D eigenvalue weighted by Gasteiger charge is 2.22. The van der Waals surface area contributed by atoms with Crippen LogP contribution in [0.15, 0.2) is 60.1 Å². The Kier molecular flexibility index (Phi) is 9.66. The lowest BCUT2D eigenvalue weighted by atomic mass is 10.1. The van der Waals surface area contributed by atoms with Crippen LogP contribution in [0.4, 0.5) is 9.93 Å². The molecule has 0 bridgehead atoms. The quantitative estimate of drug-likeness (QED) is 0.267. The third-order valence-corrected chi connectivity index (χ3v) is 6.08. The number of benzene rings is 1. The topological polar surface area (TPSA) is 165 Å². The summed E-state index contributed by atoms with van der Waals surface area (Å²) in [5.74, 6) is -0.465. The molecular formula is C22H26N6O5S2. The van der Waals surface area contributed by atoms with Crippen molar-refractivity contribution in [2.75, 3.05) is 11.9 Å². The fraction of sp³-hybridized carbons (Fsp3) is 0.273. The Morgan fingerprint density at radius 3 is 2.57 bits per heavy atom. The molecule has 0 aliphatic rings. The number of hydrogen-bond acceptors (Lipinski definition) is 8. The van der Waals surface area contributed by atoms with Crippen molar-refractivity contribution in [2.24, 2.45) is 5.14 Å². The van der Waals surface area contributed by atoms with Crippen molar-refractivity contribution in [3.8, 4) is 11.3 Å². The van der Waals surface area contributed by atoms with Crippen molar-refractivity contribution >= 4 is 38.7 Å². The Labute approximate surface area is 207 Å². The molecule has 0 saturated carbocycles. The van der Waals surface area contributed by atoms with Gasteiger partial charge in [-0.05, 0) is 31.4 Å². The first-order chi connectivity index (χ1) is 16.8. The predicted octanol–water partition coefficient (Wildman–Crippen LogP) is 2.40. The van der Waals surface area contributed by atoms with Gasteiger partial charge in [-0.3, -0.25) is 9.78 Å². The predicted molar refractivity (Wildman–Crippen MR) is 132 cm³/mol. The lowest BCUT2D eigenvalue weighted by Crippen LogP contribution is -2.44. The molecule has 0 aliphatic heterocycles. The van der Waals surface area contributed by atoms with Crippen LogP contribution in [0.3, 0.4) is 0 Å². The number of rotatable bonds is 12. The normalized spacial score (nSPS) is 12.0. The molecule has 3 rings (SSSR count). The fourth-order valence-corrected chi connectivity index (χ4v) is 4.18. The summed E-state index contributed by atoms with van der Waals surface area (Å²) in [6, 6.07) is 13.8. The van der Waals surface area contributed by atoms with E-state index in [1.165, 1.54) is 11.3 Å². The highest BCUT2D eigenvalue weighted by molar-refractivity contribution is 7.87. The van der Waals surface area contributed by atoms with E-state index < -0.39 is 28.3 Å². The van der Waals surface area contributed by atoms with E-state index in [4.69, 9.17) is 9.88 Å². The summed E-state index contributed by atoms with van der Waals surface area (Å²) in [5, 5.41) is 12.4. The van der Waals surface area contributed by atoms with E-state index in [9.17, 15) is 18.0 Å². The Bertz CT molecular complexity index is 1210. The average Bonchev–Trinajstić information content (AvgIpc) is 3.31. The molecule has 13 heteroatoms. The first-order valence-corrected chi connectivity index (χ1v) is 13.1. The molecule has 35 heavy (non-hydrogen) atoms. The Morgan fingerprint density at radius 2 is 1.86 bits per heavy atom. The first-order valence-electron chi connectivity index (χ1n) is 10.7. The van der Waals surface area contributed by atoms with Gasteiger partial charge in [-0.15, -0.1) is 11.3 Å². The third-order valence-electron chi connectivity index (χ3n) is 4.71. The maximum Gasteiger partial charge on any atom is 0.408 e. The summed E-state index contributed by atoms with van der Waals surface area (Å²) >= 11 is 1.27. The van der Waals surface area contributed by atoms with Crippen LogP contribution >= 0.6 is 11.3 Å². The summed E-state index contributed by atoms with van der Waals surface area (Å²) < 4.78 is 29.4. The van der Waals surface area contributed by atoms with Crippen LogP contribution in [0.2, 0.25) is 0 Å². The van der Waals surface area contributed by atoms with Crippen molar-refractivity contribution in [3.63, 3.8) is 0 Å². The molecule has 1 aromatic carbocycles. The standard InChI is InChI=1S/C22H26N6O5S2/c23-35(31,32)25-13-7-5-11-18(27-22(30)33-14-17-10-4-6-12-24-17)20(29)28-21-26-19(15-34-21)16-8-2-1-3-9-16/h1-4,6,8-10,12,15,18,25H,5,7,11,13-14H2,(H,27,30)(H2,23,31,32)(H,26,28,29)/t18-/m0/s1. The smallest absolute Gasteiger partial charge is 0.408 e. The second-order valence-electron chi connectivity index (χ2n) is 7.42. The molecule has 11 nitrogen and oxygen atoms in total. The molecule has 0 radical (unpaired) electrons. The highest BCUT2D eigenvalue weighted by Crippen LogP contribution is 2.24. The van der Waals surface area contributed by atoms with Crippen LogP contribution in [-0.2, 0) is 26.3 Å². The van der Waals surface area contributed by atoms with Crippen LogP contribution in [-0.4, -0.2) is 43.0 Å². The molecule has 2 amide bonds. The second-order valence-corrected chi connectivity index (χ2v) is 9.66. The Morgan fingerprint density at radius 1 is 1.09 bits per heavy atom. The van der Waals surface area contributed by atoms with E-state index in [1.807, 2.05) is 35.7 Å². The minimum Gasteiger partial charge on any atom is -0.443 e. The molecule has 1 atom stereocenters. The molecule has 0 aliphatic carbocycles. The SMILES string of the molecule is NS(=O)(=O)NCCCC[C@H](NC(=O)OCc1ccccn1)C(=O)Nc1nc(-c2ccccc2)cs1. The maximum absolute atomic E-state index is 12.9. The van der Waals surface area contributed by atoms with Gasteiger partial charge in [0.05, 0.1) is 11.4 Å². The highest BCUT2D eigenvalue weighted by atomic mass is 32.2. The number of nitrogens with one attached hydrogen (secondary N) is 3. The Balaban J connectivity index is 1.59. The van der Waals surface area contributed by atoms with Crippen molar-refractivity contribution in [1.82, 2.24) is 20.0 Å². The van der Waals surface area contributed by atoms with Gasteiger partial charge in [-0.1, -0.05) is 36.4 Å². The van der Waals surface area contributed by atoms with Gasteiger partial charge in [-0.2, -0.15) is 8.42 Å². The Hall–Kier alpha value is -3.39. The number of amides is 2. The number of thiazole rings is 1. The van der Waals surface area contributed by atoms with E-state index in [0.29, 0.717) is 23.7 Å². The number of carbonyl (C=O) groups is 2. The number of pyridine rings is 1. The van der Waals surface area contributed by atoms with Gasteiger partial charge in [0.15, 0.2) is 5.13 Å². The van der Waals surface area contributed by atoms with Crippen molar-refractivity contribution in [1.29, 1.82) is 0 Å². The molecule has 0 unspecified atom stereocenters. The van der Waals surface area contributed by atoms with Crippen LogP contribution in [0.1, 0.15) is 25.0 Å². The number of nitrogens with zero attached hydrogens (tertiary/aromatic N) is 2. The van der Waals surface area contributed by atoms with Crippen LogP contribution in [0.25, 0.3) is 11.3 Å². The van der Waals surface area contributed by atoms with E-state index >= 15 is 0 Å².